The molecule has 2 rings (SSSR count). The molecule has 0 amide bonds. The van der Waals surface area contributed by atoms with Crippen LogP contribution in [0.4, 0.5) is 0 Å². The van der Waals surface area contributed by atoms with Gasteiger partial charge in [0.1, 0.15) is 0 Å². The minimum Gasteiger partial charge on any atom is -0.143 e. The number of hydrogen-bond donors (Lipinski definition) is 0. The lowest BCUT2D eigenvalue weighted by Crippen LogP contribution is -2.42. The summed E-state index contributed by atoms with van der Waals surface area (Å²) < 4.78 is 0. The van der Waals surface area contributed by atoms with E-state index in [1.54, 1.807) is 0 Å². The Morgan fingerprint density at radius 3 is 2.18 bits per heavy atom. The molecule has 2 aliphatic heterocycles. The Kier molecular flexibility index (Phi) is 4.05. The molecule has 0 unspecified atom stereocenters. The quantitative estimate of drug-likeness (QED) is 0.477. The van der Waals surface area contributed by atoms with Crippen molar-refractivity contribution < 1.29 is 0 Å². The zero-order valence-electron chi connectivity index (χ0n) is 11.8. The van der Waals surface area contributed by atoms with Crippen molar-refractivity contribution >= 4 is 14.8 Å². The summed E-state index contributed by atoms with van der Waals surface area (Å²) in [7, 11) is -1.07. The largest absolute Gasteiger partial charge is 0.180 e. The van der Waals surface area contributed by atoms with Gasteiger partial charge in [-0.25, -0.2) is 0 Å². The van der Waals surface area contributed by atoms with Gasteiger partial charge in [-0.2, -0.15) is 0 Å². The summed E-state index contributed by atoms with van der Waals surface area (Å²) >= 11 is 0. The average Bonchev–Trinajstić information content (AvgIpc) is 2.44. The van der Waals surface area contributed by atoms with Crippen LogP contribution in [0.5, 0.6) is 0 Å². The maximum atomic E-state index is 3.85. The van der Waals surface area contributed by atoms with Crippen LogP contribution in [-0.2, 0) is 0 Å². The van der Waals surface area contributed by atoms with Crippen molar-refractivity contribution in [3.8, 4) is 0 Å². The zero-order chi connectivity index (χ0) is 12.5. The zero-order valence-corrected chi connectivity index (χ0v) is 12.8. The van der Waals surface area contributed by atoms with E-state index in [0.717, 1.165) is 23.9 Å². The molecule has 2 fully saturated rings. The molecule has 0 nitrogen and oxygen atoms in total. The van der Waals surface area contributed by atoms with Crippen LogP contribution in [0.25, 0.3) is 0 Å². The lowest BCUT2D eigenvalue weighted by molar-refractivity contribution is 0.411. The van der Waals surface area contributed by atoms with Gasteiger partial charge in [-0.15, -0.1) is 5.73 Å². The summed E-state index contributed by atoms with van der Waals surface area (Å²) in [6.45, 7) is 12.4. The first-order valence-corrected chi connectivity index (χ1v) is 11.0. The first kappa shape index (κ1) is 13.2. The monoisotopic (exact) mass is 246 g/mol. The van der Waals surface area contributed by atoms with Crippen molar-refractivity contribution in [2.75, 3.05) is 0 Å². The molecule has 0 aliphatic carbocycles. The first-order valence-electron chi connectivity index (χ1n) is 7.40. The van der Waals surface area contributed by atoms with Crippen LogP contribution in [0.1, 0.15) is 38.5 Å². The maximum absolute atomic E-state index is 3.85. The Bertz CT molecular complexity index is 301. The van der Waals surface area contributed by atoms with Gasteiger partial charge in [-0.3, -0.25) is 0 Å². The molecule has 94 valence electrons. The molecule has 0 radical (unpaired) electrons. The maximum Gasteiger partial charge on any atom is 0.180 e. The second-order valence-corrected chi connectivity index (χ2v) is 12.6. The minimum atomic E-state index is -1.07. The number of hydrogen-bond acceptors (Lipinski definition) is 0. The minimum absolute atomic E-state index is 0.800. The standard InChI is InChI=1S/C15H27BSi/c1-5-12-16-14-10-6-8-13(9-7-11-14)15(16)17(2,3)4/h12-15H,1,6-11H2,2-4H3/t13?,14?,15-/m1/s1. The third kappa shape index (κ3) is 2.80. The number of rotatable bonds is 2. The fraction of sp³-hybridized carbons (Fsp3) is 0.800. The smallest absolute Gasteiger partial charge is 0.143 e. The third-order valence-electron chi connectivity index (χ3n) is 5.08. The molecule has 17 heavy (non-hydrogen) atoms. The van der Waals surface area contributed by atoms with E-state index >= 15 is 0 Å². The van der Waals surface area contributed by atoms with Gasteiger partial charge in [-0.05, 0) is 5.92 Å². The Labute approximate surface area is 109 Å². The summed E-state index contributed by atoms with van der Waals surface area (Å²) in [5, 5.41) is 0. The molecule has 2 saturated heterocycles. The predicted octanol–water partition coefficient (Wildman–Crippen LogP) is 4.96. The van der Waals surface area contributed by atoms with Gasteiger partial charge in [0, 0.05) is 8.07 Å². The summed E-state index contributed by atoms with van der Waals surface area (Å²) in [6.07, 6.45) is 8.84. The van der Waals surface area contributed by atoms with Crippen molar-refractivity contribution in [2.45, 2.75) is 69.4 Å². The van der Waals surface area contributed by atoms with Crippen LogP contribution in [-0.4, -0.2) is 14.8 Å². The highest BCUT2D eigenvalue weighted by molar-refractivity contribution is 6.92. The highest BCUT2D eigenvalue weighted by atomic mass is 28.3. The first-order chi connectivity index (χ1) is 8.04. The van der Waals surface area contributed by atoms with E-state index in [2.05, 4.69) is 37.9 Å². The van der Waals surface area contributed by atoms with Gasteiger partial charge in [0.25, 0.3) is 0 Å². The molecular formula is C15H27BSi. The van der Waals surface area contributed by atoms with Crippen molar-refractivity contribution in [3.63, 3.8) is 0 Å². The molecule has 0 aromatic heterocycles. The molecule has 2 aliphatic rings. The lowest BCUT2D eigenvalue weighted by atomic mass is 9.37. The molecule has 2 bridgehead atoms. The Hall–Kier alpha value is -0.198. The van der Waals surface area contributed by atoms with Gasteiger partial charge in [0.05, 0.1) is 0 Å². The van der Waals surface area contributed by atoms with E-state index in [0.29, 0.717) is 0 Å². The summed E-state index contributed by atoms with van der Waals surface area (Å²) in [5.74, 6) is 4.29. The SMILES string of the molecule is C=C=CB1C2CCCC(CCC2)[C@H]1[Si](C)(C)C. The second-order valence-electron chi connectivity index (χ2n) is 7.22. The van der Waals surface area contributed by atoms with Crippen molar-refractivity contribution in [1.82, 2.24) is 0 Å². The van der Waals surface area contributed by atoms with Gasteiger partial charge in [0.15, 0.2) is 6.71 Å². The van der Waals surface area contributed by atoms with Crippen LogP contribution >= 0.6 is 0 Å². The molecule has 2 heterocycles. The summed E-state index contributed by atoms with van der Waals surface area (Å²) in [4.78, 5) is 0. The van der Waals surface area contributed by atoms with Crippen LogP contribution in [0.15, 0.2) is 18.3 Å². The molecule has 0 N–H and O–H groups in total. The normalized spacial score (nSPS) is 33.8. The van der Waals surface area contributed by atoms with E-state index in [4.69, 9.17) is 0 Å². The molecular weight excluding hydrogens is 219 g/mol. The van der Waals surface area contributed by atoms with E-state index in [1.165, 1.54) is 38.5 Å². The molecule has 1 atom stereocenters. The van der Waals surface area contributed by atoms with Gasteiger partial charge >= 0.3 is 0 Å². The van der Waals surface area contributed by atoms with E-state index in [9.17, 15) is 0 Å². The molecule has 0 aromatic carbocycles. The second kappa shape index (κ2) is 5.20. The van der Waals surface area contributed by atoms with Crippen molar-refractivity contribution in [2.24, 2.45) is 5.92 Å². The predicted molar refractivity (Wildman–Crippen MR) is 81.5 cm³/mol. The van der Waals surface area contributed by atoms with E-state index in [1.807, 2.05) is 0 Å². The Morgan fingerprint density at radius 1 is 1.12 bits per heavy atom. The lowest BCUT2D eigenvalue weighted by Gasteiger charge is -2.37. The summed E-state index contributed by atoms with van der Waals surface area (Å²) in [5.41, 5.74) is 4.11. The summed E-state index contributed by atoms with van der Waals surface area (Å²) in [6, 6.07) is 0. The van der Waals surface area contributed by atoms with Crippen molar-refractivity contribution in [3.05, 3.63) is 18.3 Å². The molecule has 2 heteroatoms. The Morgan fingerprint density at radius 2 is 1.71 bits per heavy atom. The van der Waals surface area contributed by atoms with Crippen LogP contribution in [0.3, 0.4) is 0 Å². The van der Waals surface area contributed by atoms with E-state index in [-0.39, 0.29) is 0 Å². The van der Waals surface area contributed by atoms with Crippen LogP contribution in [0, 0.1) is 5.92 Å². The Balaban J connectivity index is 2.37. The van der Waals surface area contributed by atoms with Crippen LogP contribution in [0.2, 0.25) is 30.9 Å². The van der Waals surface area contributed by atoms with Gasteiger partial charge < -0.3 is 0 Å². The van der Waals surface area contributed by atoms with Crippen molar-refractivity contribution in [1.29, 1.82) is 0 Å². The molecule has 0 aromatic rings. The average molecular weight is 246 g/mol. The number of fused-ring (bicyclic) bond motifs is 3. The third-order valence-corrected chi connectivity index (χ3v) is 7.93. The van der Waals surface area contributed by atoms with Gasteiger partial charge in [-0.1, -0.05) is 82.0 Å². The fourth-order valence-corrected chi connectivity index (χ4v) is 7.86. The highest BCUT2D eigenvalue weighted by Crippen LogP contribution is 2.50. The van der Waals surface area contributed by atoms with Crippen LogP contribution < -0.4 is 0 Å². The van der Waals surface area contributed by atoms with E-state index < -0.39 is 8.07 Å². The molecule has 0 spiro atoms. The topological polar surface area (TPSA) is 0 Å². The molecule has 0 saturated carbocycles. The van der Waals surface area contributed by atoms with Gasteiger partial charge in [0.2, 0.25) is 0 Å². The fourth-order valence-electron chi connectivity index (χ4n) is 4.58. The highest BCUT2D eigenvalue weighted by Gasteiger charge is 2.46.